The highest BCUT2D eigenvalue weighted by Gasteiger charge is 2.27. The van der Waals surface area contributed by atoms with Crippen molar-refractivity contribution >= 4 is 23.2 Å². The Morgan fingerprint density at radius 1 is 1.27 bits per heavy atom. The minimum Gasteiger partial charge on any atom is -0.366 e. The molecule has 7 heteroatoms. The maximum atomic E-state index is 11.7. The fourth-order valence-corrected chi connectivity index (χ4v) is 1.15. The number of hydrogen-bond donors (Lipinski definition) is 0. The Bertz CT molecular complexity index is 343. The lowest BCUT2D eigenvalue weighted by molar-refractivity contribution is -0.176. The second-order valence-corrected chi connectivity index (χ2v) is 3.46. The minimum absolute atomic E-state index is 0.157. The van der Waals surface area contributed by atoms with Crippen molar-refractivity contribution in [3.8, 4) is 0 Å². The number of ether oxygens (including phenoxy) is 1. The summed E-state index contributed by atoms with van der Waals surface area (Å²) in [6.45, 7) is -1.66. The van der Waals surface area contributed by atoms with E-state index in [0.29, 0.717) is 0 Å². The van der Waals surface area contributed by atoms with E-state index in [9.17, 15) is 13.2 Å². The molecule has 2 nitrogen and oxygen atoms in total. The molecule has 0 N–H and O–H groups in total. The summed E-state index contributed by atoms with van der Waals surface area (Å²) in [5, 5.41) is 0.381. The first-order valence-corrected chi connectivity index (χ1v) is 4.59. The van der Waals surface area contributed by atoms with Crippen molar-refractivity contribution in [3.05, 3.63) is 28.0 Å². The lowest BCUT2D eigenvalue weighted by atomic mass is 10.4. The molecule has 0 bridgehead atoms. The van der Waals surface area contributed by atoms with Crippen LogP contribution in [0.5, 0.6) is 0 Å². The summed E-state index contributed by atoms with van der Waals surface area (Å²) in [6, 6.07) is 2.89. The molecule has 0 unspecified atom stereocenters. The van der Waals surface area contributed by atoms with Gasteiger partial charge in [0, 0.05) is 0 Å². The number of hydrogen-bond acceptors (Lipinski definition) is 2. The first-order chi connectivity index (χ1) is 6.88. The lowest BCUT2D eigenvalue weighted by Gasteiger charge is -2.08. The maximum Gasteiger partial charge on any atom is 0.411 e. The highest BCUT2D eigenvalue weighted by Crippen LogP contribution is 2.19. The summed E-state index contributed by atoms with van der Waals surface area (Å²) >= 11 is 11.2. The van der Waals surface area contributed by atoms with Gasteiger partial charge in [-0.3, -0.25) is 0 Å². The molecule has 0 radical (unpaired) electrons. The van der Waals surface area contributed by atoms with E-state index in [0.717, 1.165) is 0 Å². The summed E-state index contributed by atoms with van der Waals surface area (Å²) < 4.78 is 39.6. The van der Waals surface area contributed by atoms with Gasteiger partial charge in [0.2, 0.25) is 0 Å². The lowest BCUT2D eigenvalue weighted by Crippen LogP contribution is -2.17. The molecule has 0 saturated heterocycles. The van der Waals surface area contributed by atoms with Crippen molar-refractivity contribution in [3.63, 3.8) is 0 Å². The van der Waals surface area contributed by atoms with Crippen LogP contribution in [0, 0.1) is 0 Å². The van der Waals surface area contributed by atoms with Gasteiger partial charge in [-0.2, -0.15) is 13.2 Å². The van der Waals surface area contributed by atoms with Gasteiger partial charge in [-0.05, 0) is 12.1 Å². The van der Waals surface area contributed by atoms with E-state index in [2.05, 4.69) is 9.72 Å². The van der Waals surface area contributed by atoms with Gasteiger partial charge in [-0.1, -0.05) is 23.2 Å². The van der Waals surface area contributed by atoms with Crippen LogP contribution in [0.1, 0.15) is 5.69 Å². The van der Waals surface area contributed by atoms with E-state index in [-0.39, 0.29) is 22.5 Å². The third-order valence-electron chi connectivity index (χ3n) is 1.39. The number of alkyl halides is 3. The van der Waals surface area contributed by atoms with Gasteiger partial charge in [0.05, 0.1) is 17.3 Å². The molecule has 0 saturated carbocycles. The molecule has 0 amide bonds. The summed E-state index contributed by atoms with van der Waals surface area (Å²) in [6.07, 6.45) is -4.36. The Morgan fingerprint density at radius 2 is 1.93 bits per heavy atom. The van der Waals surface area contributed by atoms with E-state index in [1.165, 1.54) is 12.1 Å². The molecule has 0 aromatic carbocycles. The highest BCUT2D eigenvalue weighted by atomic mass is 35.5. The second kappa shape index (κ2) is 5.01. The SMILES string of the molecule is FC(F)(F)COCc1nc(Cl)ccc1Cl. The molecular weight excluding hydrogens is 254 g/mol. The van der Waals surface area contributed by atoms with Crippen LogP contribution in [0.15, 0.2) is 12.1 Å². The van der Waals surface area contributed by atoms with Crippen LogP contribution in [0.2, 0.25) is 10.2 Å². The van der Waals surface area contributed by atoms with Crippen molar-refractivity contribution in [1.29, 1.82) is 0 Å². The van der Waals surface area contributed by atoms with E-state index < -0.39 is 12.8 Å². The second-order valence-electron chi connectivity index (χ2n) is 2.67. The van der Waals surface area contributed by atoms with E-state index in [1.54, 1.807) is 0 Å². The van der Waals surface area contributed by atoms with Gasteiger partial charge in [0.15, 0.2) is 0 Å². The summed E-state index contributed by atoms with van der Waals surface area (Å²) in [5.41, 5.74) is 0.188. The molecule has 0 aliphatic carbocycles. The third-order valence-corrected chi connectivity index (χ3v) is 1.94. The zero-order valence-electron chi connectivity index (χ0n) is 7.31. The minimum atomic E-state index is -4.36. The van der Waals surface area contributed by atoms with Gasteiger partial charge < -0.3 is 4.74 Å². The van der Waals surface area contributed by atoms with Crippen LogP contribution < -0.4 is 0 Å². The Morgan fingerprint density at radius 3 is 2.53 bits per heavy atom. The van der Waals surface area contributed by atoms with Crippen LogP contribution in [-0.2, 0) is 11.3 Å². The molecule has 1 aromatic heterocycles. The third kappa shape index (κ3) is 4.68. The van der Waals surface area contributed by atoms with Crippen molar-refractivity contribution < 1.29 is 17.9 Å². The van der Waals surface area contributed by atoms with Crippen LogP contribution in [0.3, 0.4) is 0 Å². The van der Waals surface area contributed by atoms with Crippen molar-refractivity contribution in [2.24, 2.45) is 0 Å². The van der Waals surface area contributed by atoms with Gasteiger partial charge >= 0.3 is 6.18 Å². The quantitative estimate of drug-likeness (QED) is 0.776. The number of aromatic nitrogens is 1. The molecule has 0 atom stereocenters. The van der Waals surface area contributed by atoms with Crippen LogP contribution in [0.4, 0.5) is 13.2 Å². The molecule has 0 aliphatic rings. The van der Waals surface area contributed by atoms with E-state index in [1.807, 2.05) is 0 Å². The smallest absolute Gasteiger partial charge is 0.366 e. The van der Waals surface area contributed by atoms with Crippen LogP contribution in [-0.4, -0.2) is 17.8 Å². The zero-order chi connectivity index (χ0) is 11.5. The van der Waals surface area contributed by atoms with Crippen molar-refractivity contribution in [2.75, 3.05) is 6.61 Å². The Balaban J connectivity index is 2.54. The average molecular weight is 260 g/mol. The molecule has 1 heterocycles. The Labute approximate surface area is 94.0 Å². The fourth-order valence-electron chi connectivity index (χ4n) is 0.822. The van der Waals surface area contributed by atoms with E-state index >= 15 is 0 Å². The first kappa shape index (κ1) is 12.5. The van der Waals surface area contributed by atoms with Crippen molar-refractivity contribution in [2.45, 2.75) is 12.8 Å². The van der Waals surface area contributed by atoms with Gasteiger partial charge in [0.1, 0.15) is 11.8 Å². The number of rotatable bonds is 3. The van der Waals surface area contributed by atoms with E-state index in [4.69, 9.17) is 23.2 Å². The molecule has 1 rings (SSSR count). The summed E-state index contributed by atoms with van der Waals surface area (Å²) in [4.78, 5) is 3.73. The Kier molecular flexibility index (Phi) is 4.19. The highest BCUT2D eigenvalue weighted by molar-refractivity contribution is 6.32. The molecular formula is C8H6Cl2F3NO. The molecule has 1 aromatic rings. The van der Waals surface area contributed by atoms with Gasteiger partial charge in [-0.15, -0.1) is 0 Å². The van der Waals surface area contributed by atoms with Crippen LogP contribution >= 0.6 is 23.2 Å². The summed E-state index contributed by atoms with van der Waals surface area (Å²) in [7, 11) is 0. The molecule has 0 fully saturated rings. The molecule has 0 aliphatic heterocycles. The predicted octanol–water partition coefficient (Wildman–Crippen LogP) is 3.47. The Hall–Kier alpha value is -0.520. The molecule has 0 spiro atoms. The first-order valence-electron chi connectivity index (χ1n) is 3.84. The standard InChI is InChI=1S/C8H6Cl2F3NO/c9-5-1-2-7(10)14-6(5)3-15-4-8(11,12)13/h1-2H,3-4H2. The number of halogens is 5. The summed E-state index contributed by atoms with van der Waals surface area (Å²) in [5.74, 6) is 0. The average Bonchev–Trinajstić information content (AvgIpc) is 2.09. The molecule has 15 heavy (non-hydrogen) atoms. The van der Waals surface area contributed by atoms with Crippen LogP contribution in [0.25, 0.3) is 0 Å². The zero-order valence-corrected chi connectivity index (χ0v) is 8.83. The molecule has 84 valence electrons. The monoisotopic (exact) mass is 259 g/mol. The number of pyridine rings is 1. The predicted molar refractivity (Wildman–Crippen MR) is 50.0 cm³/mol. The number of nitrogens with zero attached hydrogens (tertiary/aromatic N) is 1. The maximum absolute atomic E-state index is 11.7. The fraction of sp³-hybridized carbons (Fsp3) is 0.375. The normalized spacial score (nSPS) is 11.8. The van der Waals surface area contributed by atoms with Gasteiger partial charge in [-0.25, -0.2) is 4.98 Å². The van der Waals surface area contributed by atoms with Gasteiger partial charge in [0.25, 0.3) is 0 Å². The topological polar surface area (TPSA) is 22.1 Å². The largest absolute Gasteiger partial charge is 0.411 e. The van der Waals surface area contributed by atoms with Crippen molar-refractivity contribution in [1.82, 2.24) is 4.98 Å².